The fraction of sp³-hybridized carbons (Fsp3) is 0.615. The van der Waals surface area contributed by atoms with Gasteiger partial charge in [-0.15, -0.1) is 0 Å². The number of aliphatic hydroxyl groups excluding tert-OH is 1. The van der Waals surface area contributed by atoms with E-state index in [-0.39, 0.29) is 12.5 Å². The molecule has 0 fully saturated rings. The van der Waals surface area contributed by atoms with Gasteiger partial charge in [0.15, 0.2) is 0 Å². The number of aliphatic hydroxyl groups is 1. The average Bonchev–Trinajstić information content (AvgIpc) is 2.28. The maximum atomic E-state index is 11.9. The van der Waals surface area contributed by atoms with Crippen LogP contribution in [-0.4, -0.2) is 33.9 Å². The van der Waals surface area contributed by atoms with Gasteiger partial charge in [-0.3, -0.25) is 4.79 Å². The molecule has 0 aromatic carbocycles. The Kier molecular flexibility index (Phi) is 5.22. The highest BCUT2D eigenvalue weighted by Crippen LogP contribution is 2.06. The van der Waals surface area contributed by atoms with E-state index in [0.717, 1.165) is 0 Å². The molecule has 1 aromatic heterocycles. The van der Waals surface area contributed by atoms with Gasteiger partial charge in [0.05, 0.1) is 23.1 Å². The molecule has 1 amide bonds. The van der Waals surface area contributed by atoms with Gasteiger partial charge in [-0.2, -0.15) is 10.2 Å². The van der Waals surface area contributed by atoms with Gasteiger partial charge >= 0.3 is 0 Å². The lowest BCUT2D eigenvalue weighted by Crippen LogP contribution is -2.33. The van der Waals surface area contributed by atoms with Crippen molar-refractivity contribution in [3.05, 3.63) is 23.0 Å². The van der Waals surface area contributed by atoms with Crippen molar-refractivity contribution >= 4 is 5.91 Å². The normalized spacial score (nSPS) is 12.6. The van der Waals surface area contributed by atoms with Gasteiger partial charge in [-0.05, 0) is 32.3 Å². The lowest BCUT2D eigenvalue weighted by atomic mass is 10.1. The Morgan fingerprint density at radius 1 is 1.39 bits per heavy atom. The Hall–Kier alpha value is -1.49. The Balaban J connectivity index is 2.58. The lowest BCUT2D eigenvalue weighted by Gasteiger charge is -2.14. The fourth-order valence-corrected chi connectivity index (χ4v) is 1.71. The number of rotatable bonds is 5. The molecule has 0 aliphatic carbocycles. The number of amides is 1. The minimum Gasteiger partial charge on any atom is -0.391 e. The number of carbonyl (C=O) groups excluding carboxylic acids is 1. The molecule has 0 aliphatic rings. The summed E-state index contributed by atoms with van der Waals surface area (Å²) in [7, 11) is 0. The van der Waals surface area contributed by atoms with Crippen molar-refractivity contribution < 1.29 is 9.90 Å². The fourth-order valence-electron chi connectivity index (χ4n) is 1.71. The number of nitrogens with one attached hydrogen (secondary N) is 1. The summed E-state index contributed by atoms with van der Waals surface area (Å²) in [4.78, 5) is 11.9. The van der Waals surface area contributed by atoms with Crippen LogP contribution in [0.25, 0.3) is 0 Å². The van der Waals surface area contributed by atoms with Crippen LogP contribution in [-0.2, 0) is 0 Å². The molecule has 2 N–H and O–H groups in total. The predicted octanol–water partition coefficient (Wildman–Crippen LogP) is 1.23. The summed E-state index contributed by atoms with van der Waals surface area (Å²) >= 11 is 0. The number of nitrogens with zero attached hydrogens (tertiary/aromatic N) is 2. The zero-order valence-corrected chi connectivity index (χ0v) is 11.4. The van der Waals surface area contributed by atoms with Gasteiger partial charge in [0, 0.05) is 6.54 Å². The van der Waals surface area contributed by atoms with Crippen molar-refractivity contribution in [2.75, 3.05) is 6.54 Å². The molecule has 0 saturated carbocycles. The topological polar surface area (TPSA) is 75.1 Å². The summed E-state index contributed by atoms with van der Waals surface area (Å²) in [5.41, 5.74) is 1.81. The highest BCUT2D eigenvalue weighted by Gasteiger charge is 2.13. The van der Waals surface area contributed by atoms with Crippen molar-refractivity contribution in [2.24, 2.45) is 5.92 Å². The summed E-state index contributed by atoms with van der Waals surface area (Å²) in [6.07, 6.45) is 0.164. The quantitative estimate of drug-likeness (QED) is 0.825. The molecule has 1 rings (SSSR count). The van der Waals surface area contributed by atoms with E-state index in [1.54, 1.807) is 19.9 Å². The van der Waals surface area contributed by atoms with Crippen LogP contribution in [0.15, 0.2) is 6.07 Å². The first-order chi connectivity index (χ1) is 8.40. The van der Waals surface area contributed by atoms with Crippen LogP contribution in [0.5, 0.6) is 0 Å². The minimum atomic E-state index is -0.509. The number of carbonyl (C=O) groups is 1. The van der Waals surface area contributed by atoms with Gasteiger partial charge in [-0.1, -0.05) is 13.8 Å². The summed E-state index contributed by atoms with van der Waals surface area (Å²) in [6.45, 7) is 7.86. The van der Waals surface area contributed by atoms with Crippen molar-refractivity contribution in [2.45, 2.75) is 40.2 Å². The summed E-state index contributed by atoms with van der Waals surface area (Å²) < 4.78 is 0. The third kappa shape index (κ3) is 4.41. The van der Waals surface area contributed by atoms with Gasteiger partial charge in [0.1, 0.15) is 0 Å². The zero-order chi connectivity index (χ0) is 13.7. The predicted molar refractivity (Wildman–Crippen MR) is 69.3 cm³/mol. The Labute approximate surface area is 108 Å². The standard InChI is InChI=1S/C13H21N3O2/c1-8(2)5-11(17)7-14-13(18)12-6-9(3)15-16-10(12)4/h6,8,11,17H,5,7H2,1-4H3,(H,14,18). The SMILES string of the molecule is Cc1cc(C(=O)NCC(O)CC(C)C)c(C)nn1. The molecule has 1 aromatic rings. The van der Waals surface area contributed by atoms with Crippen LogP contribution in [0.3, 0.4) is 0 Å². The molecule has 1 atom stereocenters. The van der Waals surface area contributed by atoms with Crippen LogP contribution in [0, 0.1) is 19.8 Å². The summed E-state index contributed by atoms with van der Waals surface area (Å²) in [5.74, 6) is 0.191. The van der Waals surface area contributed by atoms with Gasteiger partial charge in [0.2, 0.25) is 0 Å². The molecule has 100 valence electrons. The second-order valence-corrected chi connectivity index (χ2v) is 4.98. The van der Waals surface area contributed by atoms with Crippen molar-refractivity contribution in [3.63, 3.8) is 0 Å². The van der Waals surface area contributed by atoms with Gasteiger partial charge in [0.25, 0.3) is 5.91 Å². The van der Waals surface area contributed by atoms with Crippen LogP contribution in [0.2, 0.25) is 0 Å². The molecule has 18 heavy (non-hydrogen) atoms. The first-order valence-corrected chi connectivity index (χ1v) is 6.17. The Morgan fingerprint density at radius 3 is 2.67 bits per heavy atom. The molecular formula is C13H21N3O2. The lowest BCUT2D eigenvalue weighted by molar-refractivity contribution is 0.0899. The van der Waals surface area contributed by atoms with Crippen molar-refractivity contribution in [3.8, 4) is 0 Å². The molecule has 1 heterocycles. The third-order valence-electron chi connectivity index (χ3n) is 2.59. The highest BCUT2D eigenvalue weighted by atomic mass is 16.3. The van der Waals surface area contributed by atoms with E-state index < -0.39 is 6.10 Å². The molecule has 5 heteroatoms. The number of aryl methyl sites for hydroxylation is 2. The molecule has 0 bridgehead atoms. The van der Waals surface area contributed by atoms with E-state index in [1.165, 1.54) is 0 Å². The number of hydrogen-bond donors (Lipinski definition) is 2. The molecule has 1 unspecified atom stereocenters. The maximum Gasteiger partial charge on any atom is 0.253 e. The Morgan fingerprint density at radius 2 is 2.06 bits per heavy atom. The van der Waals surface area contributed by atoms with E-state index in [0.29, 0.717) is 29.3 Å². The van der Waals surface area contributed by atoms with Gasteiger partial charge in [-0.25, -0.2) is 0 Å². The maximum absolute atomic E-state index is 11.9. The van der Waals surface area contributed by atoms with Crippen LogP contribution < -0.4 is 5.32 Å². The number of aromatic nitrogens is 2. The Bertz CT molecular complexity index is 419. The largest absolute Gasteiger partial charge is 0.391 e. The molecule has 0 saturated heterocycles. The van der Waals surface area contributed by atoms with E-state index in [2.05, 4.69) is 15.5 Å². The van der Waals surface area contributed by atoms with Crippen LogP contribution in [0.4, 0.5) is 0 Å². The van der Waals surface area contributed by atoms with Gasteiger partial charge < -0.3 is 10.4 Å². The second-order valence-electron chi connectivity index (χ2n) is 4.98. The van der Waals surface area contributed by atoms with Crippen LogP contribution in [0.1, 0.15) is 42.0 Å². The summed E-state index contributed by atoms with van der Waals surface area (Å²) in [6, 6.07) is 1.70. The molecule has 0 radical (unpaired) electrons. The number of hydrogen-bond acceptors (Lipinski definition) is 4. The first kappa shape index (κ1) is 14.6. The summed E-state index contributed by atoms with van der Waals surface area (Å²) in [5, 5.41) is 20.2. The highest BCUT2D eigenvalue weighted by molar-refractivity contribution is 5.95. The van der Waals surface area contributed by atoms with Crippen molar-refractivity contribution in [1.29, 1.82) is 0 Å². The first-order valence-electron chi connectivity index (χ1n) is 6.17. The molecule has 0 aliphatic heterocycles. The van der Waals surface area contributed by atoms with E-state index in [4.69, 9.17) is 0 Å². The molecule has 5 nitrogen and oxygen atoms in total. The minimum absolute atomic E-state index is 0.215. The third-order valence-corrected chi connectivity index (χ3v) is 2.59. The van der Waals surface area contributed by atoms with E-state index in [1.807, 2.05) is 13.8 Å². The second kappa shape index (κ2) is 6.44. The monoisotopic (exact) mass is 251 g/mol. The van der Waals surface area contributed by atoms with Crippen molar-refractivity contribution in [1.82, 2.24) is 15.5 Å². The van der Waals surface area contributed by atoms with Crippen LogP contribution >= 0.6 is 0 Å². The molecule has 0 spiro atoms. The smallest absolute Gasteiger partial charge is 0.253 e. The zero-order valence-electron chi connectivity index (χ0n) is 11.4. The average molecular weight is 251 g/mol. The van der Waals surface area contributed by atoms with E-state index >= 15 is 0 Å². The van der Waals surface area contributed by atoms with E-state index in [9.17, 15) is 9.90 Å². The molecular weight excluding hydrogens is 230 g/mol.